The van der Waals surface area contributed by atoms with Gasteiger partial charge in [-0.3, -0.25) is 9.69 Å². The molecule has 0 aromatic heterocycles. The number of hydrogen-bond donors (Lipinski definition) is 3. The molecule has 0 radical (unpaired) electrons. The molecule has 9 heteroatoms. The SMILES string of the molecule is C[C@@H]1CN([C@@H](C)CO)C(=O)c2cc(NC(=O)NC3CCCCC3)ccc2O[C@H]1CN(C)Cc1ccc(Oc2ccccc2)cc1. The van der Waals surface area contributed by atoms with Crippen LogP contribution in [0.5, 0.6) is 17.2 Å². The molecule has 1 aliphatic carbocycles. The van der Waals surface area contributed by atoms with Crippen LogP contribution in [0.3, 0.4) is 0 Å². The van der Waals surface area contributed by atoms with Gasteiger partial charge in [-0.2, -0.15) is 0 Å². The topological polar surface area (TPSA) is 103 Å². The predicted octanol–water partition coefficient (Wildman–Crippen LogP) is 6.29. The first-order chi connectivity index (χ1) is 21.8. The minimum absolute atomic E-state index is 0.000675. The number of nitrogens with one attached hydrogen (secondary N) is 2. The van der Waals surface area contributed by atoms with E-state index in [1.165, 1.54) is 6.42 Å². The molecule has 1 saturated carbocycles. The van der Waals surface area contributed by atoms with Crippen LogP contribution in [0.1, 0.15) is 61.9 Å². The highest BCUT2D eigenvalue weighted by Crippen LogP contribution is 2.31. The Balaban J connectivity index is 1.28. The summed E-state index contributed by atoms with van der Waals surface area (Å²) < 4.78 is 12.5. The number of fused-ring (bicyclic) bond motifs is 1. The maximum absolute atomic E-state index is 13.8. The number of para-hydroxylation sites is 1. The summed E-state index contributed by atoms with van der Waals surface area (Å²) in [6.45, 7) is 5.55. The first-order valence-electron chi connectivity index (χ1n) is 16.1. The lowest BCUT2D eigenvalue weighted by atomic mass is 9.96. The van der Waals surface area contributed by atoms with Crippen LogP contribution in [0, 0.1) is 5.92 Å². The summed E-state index contributed by atoms with van der Waals surface area (Å²) >= 11 is 0. The summed E-state index contributed by atoms with van der Waals surface area (Å²) in [7, 11) is 2.06. The number of aliphatic hydroxyl groups is 1. The Morgan fingerprint density at radius 2 is 1.76 bits per heavy atom. The molecule has 1 aliphatic heterocycles. The van der Waals surface area contributed by atoms with E-state index in [1.807, 2.05) is 49.4 Å². The van der Waals surface area contributed by atoms with Gasteiger partial charge < -0.3 is 30.1 Å². The minimum Gasteiger partial charge on any atom is -0.488 e. The van der Waals surface area contributed by atoms with Crippen molar-refractivity contribution in [2.75, 3.05) is 32.1 Å². The Labute approximate surface area is 266 Å². The van der Waals surface area contributed by atoms with E-state index >= 15 is 0 Å². The molecular formula is C36H46N4O5. The average Bonchev–Trinajstić information content (AvgIpc) is 3.04. The number of likely N-dealkylation sites (N-methyl/N-ethyl adjacent to an activating group) is 1. The third-order valence-corrected chi connectivity index (χ3v) is 8.71. The molecule has 0 saturated heterocycles. The Hall–Kier alpha value is -4.08. The number of carbonyl (C=O) groups excluding carboxylic acids is 2. The number of benzene rings is 3. The van der Waals surface area contributed by atoms with E-state index < -0.39 is 0 Å². The molecule has 45 heavy (non-hydrogen) atoms. The highest BCUT2D eigenvalue weighted by Gasteiger charge is 2.33. The second-order valence-corrected chi connectivity index (χ2v) is 12.5. The largest absolute Gasteiger partial charge is 0.488 e. The summed E-state index contributed by atoms with van der Waals surface area (Å²) in [6.07, 6.45) is 5.21. The normalized spacial score (nSPS) is 19.6. The van der Waals surface area contributed by atoms with E-state index in [1.54, 1.807) is 23.1 Å². The molecule has 3 atom stereocenters. The molecule has 3 amide bonds. The van der Waals surface area contributed by atoms with E-state index in [0.29, 0.717) is 36.6 Å². The number of aliphatic hydroxyl groups excluding tert-OH is 1. The second-order valence-electron chi connectivity index (χ2n) is 12.5. The monoisotopic (exact) mass is 614 g/mol. The number of anilines is 1. The van der Waals surface area contributed by atoms with Crippen molar-refractivity contribution >= 4 is 17.6 Å². The molecule has 9 nitrogen and oxygen atoms in total. The lowest BCUT2D eigenvalue weighted by Crippen LogP contribution is -2.49. The smallest absolute Gasteiger partial charge is 0.319 e. The van der Waals surface area contributed by atoms with E-state index in [-0.39, 0.29) is 42.7 Å². The van der Waals surface area contributed by atoms with Gasteiger partial charge in [0.05, 0.1) is 18.2 Å². The molecule has 3 aromatic carbocycles. The molecule has 0 bridgehead atoms. The zero-order valence-corrected chi connectivity index (χ0v) is 26.6. The molecule has 0 unspecified atom stereocenters. The van der Waals surface area contributed by atoms with Gasteiger partial charge in [0.2, 0.25) is 0 Å². The van der Waals surface area contributed by atoms with E-state index in [9.17, 15) is 14.7 Å². The van der Waals surface area contributed by atoms with Gasteiger partial charge in [-0.15, -0.1) is 0 Å². The number of ether oxygens (including phenoxy) is 2. The number of rotatable bonds is 10. The molecule has 0 spiro atoms. The third kappa shape index (κ3) is 8.77. The van der Waals surface area contributed by atoms with E-state index in [4.69, 9.17) is 9.47 Å². The fourth-order valence-corrected chi connectivity index (χ4v) is 6.09. The van der Waals surface area contributed by atoms with Crippen LogP contribution in [0.2, 0.25) is 0 Å². The van der Waals surface area contributed by atoms with Gasteiger partial charge in [-0.05, 0) is 74.8 Å². The van der Waals surface area contributed by atoms with Gasteiger partial charge in [0.25, 0.3) is 5.91 Å². The first-order valence-corrected chi connectivity index (χ1v) is 16.1. The maximum atomic E-state index is 13.8. The molecular weight excluding hydrogens is 568 g/mol. The molecule has 5 rings (SSSR count). The van der Waals surface area contributed by atoms with Crippen molar-refractivity contribution in [1.82, 2.24) is 15.1 Å². The van der Waals surface area contributed by atoms with Crippen LogP contribution >= 0.6 is 0 Å². The van der Waals surface area contributed by atoms with Gasteiger partial charge >= 0.3 is 6.03 Å². The predicted molar refractivity (Wildman–Crippen MR) is 176 cm³/mol. The highest BCUT2D eigenvalue weighted by molar-refractivity contribution is 5.99. The van der Waals surface area contributed by atoms with Crippen LogP contribution < -0.4 is 20.1 Å². The lowest BCUT2D eigenvalue weighted by Gasteiger charge is -2.38. The van der Waals surface area contributed by atoms with Gasteiger partial charge in [-0.25, -0.2) is 4.79 Å². The van der Waals surface area contributed by atoms with Crippen molar-refractivity contribution in [1.29, 1.82) is 0 Å². The number of urea groups is 1. The number of hydrogen-bond acceptors (Lipinski definition) is 6. The van der Waals surface area contributed by atoms with E-state index in [2.05, 4.69) is 41.6 Å². The Morgan fingerprint density at radius 3 is 2.47 bits per heavy atom. The van der Waals surface area contributed by atoms with Gasteiger partial charge in [0.15, 0.2) is 0 Å². The lowest BCUT2D eigenvalue weighted by molar-refractivity contribution is 0.0341. The van der Waals surface area contributed by atoms with Crippen LogP contribution in [0.4, 0.5) is 10.5 Å². The van der Waals surface area contributed by atoms with Crippen molar-refractivity contribution in [3.63, 3.8) is 0 Å². The molecule has 1 fully saturated rings. The molecule has 2 aliphatic rings. The van der Waals surface area contributed by atoms with Crippen molar-refractivity contribution < 1.29 is 24.2 Å². The third-order valence-electron chi connectivity index (χ3n) is 8.71. The fourth-order valence-electron chi connectivity index (χ4n) is 6.09. The molecule has 3 N–H and O–H groups in total. The van der Waals surface area contributed by atoms with Crippen LogP contribution in [0.15, 0.2) is 72.8 Å². The van der Waals surface area contributed by atoms with Crippen molar-refractivity contribution in [3.8, 4) is 17.2 Å². The molecule has 1 heterocycles. The quantitative estimate of drug-likeness (QED) is 0.248. The fraction of sp³-hybridized carbons (Fsp3) is 0.444. The zero-order chi connectivity index (χ0) is 31.8. The molecule has 3 aromatic rings. The maximum Gasteiger partial charge on any atom is 0.319 e. The Morgan fingerprint density at radius 1 is 1.04 bits per heavy atom. The average molecular weight is 615 g/mol. The molecule has 240 valence electrons. The first kappa shape index (κ1) is 32.3. The number of amides is 3. The second kappa shape index (κ2) is 15.3. The van der Waals surface area contributed by atoms with Gasteiger partial charge in [-0.1, -0.05) is 56.5 Å². The summed E-state index contributed by atoms with van der Waals surface area (Å²) in [6, 6.07) is 22.6. The van der Waals surface area contributed by atoms with Crippen molar-refractivity contribution in [2.45, 2.75) is 70.7 Å². The Kier molecular flexibility index (Phi) is 11.0. The number of carbonyl (C=O) groups is 2. The van der Waals surface area contributed by atoms with Crippen molar-refractivity contribution in [2.24, 2.45) is 5.92 Å². The highest BCUT2D eigenvalue weighted by atomic mass is 16.5. The zero-order valence-electron chi connectivity index (χ0n) is 26.6. The van der Waals surface area contributed by atoms with Crippen LogP contribution in [-0.2, 0) is 6.54 Å². The standard InChI is InChI=1S/C36H46N4O5/c1-25-21-40(26(2)24-41)35(42)32-20-29(38-36(43)37-28-10-6-4-7-11-28)16-19-33(32)45-34(25)23-39(3)22-27-14-17-31(18-15-27)44-30-12-8-5-9-13-30/h5,8-9,12-20,25-26,28,34,41H,4,6-7,10-11,21-24H2,1-3H3,(H2,37,38,43)/t25-,26+,34+/m1/s1. The summed E-state index contributed by atoms with van der Waals surface area (Å²) in [5.41, 5.74) is 2.04. The van der Waals surface area contributed by atoms with Crippen molar-refractivity contribution in [3.05, 3.63) is 83.9 Å². The van der Waals surface area contributed by atoms with E-state index in [0.717, 1.165) is 42.7 Å². The summed E-state index contributed by atoms with van der Waals surface area (Å²) in [5.74, 6) is 1.83. The van der Waals surface area contributed by atoms with Gasteiger partial charge in [0, 0.05) is 37.3 Å². The van der Waals surface area contributed by atoms with Crippen LogP contribution in [0.25, 0.3) is 0 Å². The minimum atomic E-state index is -0.368. The van der Waals surface area contributed by atoms with Gasteiger partial charge in [0.1, 0.15) is 23.4 Å². The summed E-state index contributed by atoms with van der Waals surface area (Å²) in [4.78, 5) is 30.5. The summed E-state index contributed by atoms with van der Waals surface area (Å²) in [5, 5.41) is 16.0. The van der Waals surface area contributed by atoms with Crippen LogP contribution in [-0.4, -0.2) is 71.8 Å². The Bertz CT molecular complexity index is 1410. The number of nitrogens with zero attached hydrogens (tertiary/aromatic N) is 2.